The average Bonchev–Trinajstić information content (AvgIpc) is 2.60. The summed E-state index contributed by atoms with van der Waals surface area (Å²) in [5.74, 6) is -0.882. The van der Waals surface area contributed by atoms with Crippen molar-refractivity contribution in [3.63, 3.8) is 0 Å². The smallest absolute Gasteiger partial charge is 0.308 e. The van der Waals surface area contributed by atoms with Crippen molar-refractivity contribution < 1.29 is 9.90 Å². The van der Waals surface area contributed by atoms with Gasteiger partial charge in [0.25, 0.3) is 0 Å². The molecule has 2 rings (SSSR count). The standard InChI is InChI=1S/C13H18BrNO2S/c1-8-6-11(14)12(18-8)7-15-5-3-4-10(9(15)2)13(16)17/h6,9-10H,3-5,7H2,1-2H3,(H,16,17)/t9-,10-/m1/s1. The van der Waals surface area contributed by atoms with E-state index in [1.807, 2.05) is 6.92 Å². The molecule has 1 aromatic heterocycles. The second kappa shape index (κ2) is 5.72. The van der Waals surface area contributed by atoms with Gasteiger partial charge in [-0.3, -0.25) is 9.69 Å². The monoisotopic (exact) mass is 331 g/mol. The minimum Gasteiger partial charge on any atom is -0.481 e. The lowest BCUT2D eigenvalue weighted by Crippen LogP contribution is -2.45. The molecule has 0 bridgehead atoms. The predicted molar refractivity (Wildman–Crippen MR) is 77.0 cm³/mol. The number of aliphatic carboxylic acids is 1. The van der Waals surface area contributed by atoms with Crippen LogP contribution in [-0.2, 0) is 11.3 Å². The molecule has 2 heterocycles. The van der Waals surface area contributed by atoms with Crippen molar-refractivity contribution in [3.05, 3.63) is 20.3 Å². The fourth-order valence-electron chi connectivity index (χ4n) is 2.59. The number of halogens is 1. The Bertz CT molecular complexity index is 446. The maximum atomic E-state index is 11.2. The van der Waals surface area contributed by atoms with Crippen molar-refractivity contribution in [2.24, 2.45) is 5.92 Å². The van der Waals surface area contributed by atoms with Crippen molar-refractivity contribution in [2.45, 2.75) is 39.3 Å². The van der Waals surface area contributed by atoms with Gasteiger partial charge in [-0.15, -0.1) is 11.3 Å². The maximum absolute atomic E-state index is 11.2. The van der Waals surface area contributed by atoms with Crippen LogP contribution in [0.4, 0.5) is 0 Å². The molecule has 1 aliphatic heterocycles. The van der Waals surface area contributed by atoms with Crippen LogP contribution in [0.2, 0.25) is 0 Å². The van der Waals surface area contributed by atoms with E-state index in [2.05, 4.69) is 33.8 Å². The molecule has 0 aliphatic carbocycles. The third-order valence-corrected chi connectivity index (χ3v) is 5.67. The molecule has 1 aliphatic rings. The highest BCUT2D eigenvalue weighted by Crippen LogP contribution is 2.31. The lowest BCUT2D eigenvalue weighted by Gasteiger charge is -2.37. The van der Waals surface area contributed by atoms with Crippen molar-refractivity contribution in [1.82, 2.24) is 4.90 Å². The Balaban J connectivity index is 2.09. The topological polar surface area (TPSA) is 40.5 Å². The molecule has 100 valence electrons. The number of rotatable bonds is 3. The van der Waals surface area contributed by atoms with Crippen molar-refractivity contribution in [1.29, 1.82) is 0 Å². The summed E-state index contributed by atoms with van der Waals surface area (Å²) >= 11 is 5.36. The molecule has 2 atom stereocenters. The third-order valence-electron chi connectivity index (χ3n) is 3.66. The molecular weight excluding hydrogens is 314 g/mol. The van der Waals surface area contributed by atoms with E-state index in [9.17, 15) is 9.90 Å². The Labute approximate surface area is 120 Å². The Morgan fingerprint density at radius 3 is 2.94 bits per heavy atom. The van der Waals surface area contributed by atoms with Gasteiger partial charge in [0.2, 0.25) is 0 Å². The highest BCUT2D eigenvalue weighted by atomic mass is 79.9. The molecule has 0 spiro atoms. The number of carboxylic acids is 1. The Morgan fingerprint density at radius 1 is 1.67 bits per heavy atom. The summed E-state index contributed by atoms with van der Waals surface area (Å²) in [5, 5.41) is 9.22. The zero-order valence-electron chi connectivity index (χ0n) is 10.6. The van der Waals surface area contributed by atoms with Gasteiger partial charge in [0.15, 0.2) is 0 Å². The van der Waals surface area contributed by atoms with Crippen LogP contribution in [0.5, 0.6) is 0 Å². The first kappa shape index (κ1) is 14.0. The molecule has 0 unspecified atom stereocenters. The van der Waals surface area contributed by atoms with E-state index in [1.165, 1.54) is 9.75 Å². The van der Waals surface area contributed by atoms with E-state index >= 15 is 0 Å². The molecule has 3 nitrogen and oxygen atoms in total. The quantitative estimate of drug-likeness (QED) is 0.921. The molecular formula is C13H18BrNO2S. The van der Waals surface area contributed by atoms with Gasteiger partial charge in [-0.1, -0.05) is 0 Å². The van der Waals surface area contributed by atoms with Crippen LogP contribution in [0.15, 0.2) is 10.5 Å². The normalized spacial score (nSPS) is 25.3. The van der Waals surface area contributed by atoms with Crippen LogP contribution in [0, 0.1) is 12.8 Å². The van der Waals surface area contributed by atoms with Gasteiger partial charge in [-0.25, -0.2) is 0 Å². The van der Waals surface area contributed by atoms with Crippen LogP contribution >= 0.6 is 27.3 Å². The lowest BCUT2D eigenvalue weighted by molar-refractivity contribution is -0.145. The van der Waals surface area contributed by atoms with E-state index in [4.69, 9.17) is 0 Å². The van der Waals surface area contributed by atoms with E-state index < -0.39 is 5.97 Å². The number of piperidine rings is 1. The molecule has 0 radical (unpaired) electrons. The first-order valence-electron chi connectivity index (χ1n) is 6.20. The first-order chi connectivity index (χ1) is 8.49. The summed E-state index contributed by atoms with van der Waals surface area (Å²) in [4.78, 5) is 16.1. The van der Waals surface area contributed by atoms with E-state index in [0.29, 0.717) is 0 Å². The SMILES string of the molecule is Cc1cc(Br)c(CN2CCC[C@@H](C(=O)O)[C@H]2C)s1. The van der Waals surface area contributed by atoms with Gasteiger partial charge < -0.3 is 5.11 Å². The van der Waals surface area contributed by atoms with Crippen LogP contribution in [-0.4, -0.2) is 28.6 Å². The summed E-state index contributed by atoms with van der Waals surface area (Å²) in [6.45, 7) is 5.98. The number of carbonyl (C=O) groups is 1. The average molecular weight is 332 g/mol. The van der Waals surface area contributed by atoms with Crippen molar-refractivity contribution in [2.75, 3.05) is 6.54 Å². The molecule has 1 fully saturated rings. The molecule has 1 N–H and O–H groups in total. The number of aryl methyl sites for hydroxylation is 1. The van der Waals surface area contributed by atoms with Crippen LogP contribution in [0.25, 0.3) is 0 Å². The molecule has 18 heavy (non-hydrogen) atoms. The van der Waals surface area contributed by atoms with Crippen molar-refractivity contribution >= 4 is 33.2 Å². The van der Waals surface area contributed by atoms with Gasteiger partial charge in [-0.2, -0.15) is 0 Å². The number of hydrogen-bond donors (Lipinski definition) is 1. The van der Waals surface area contributed by atoms with Crippen molar-refractivity contribution in [3.8, 4) is 0 Å². The predicted octanol–water partition coefficient (Wildman–Crippen LogP) is 3.50. The lowest BCUT2D eigenvalue weighted by atomic mass is 9.90. The van der Waals surface area contributed by atoms with Crippen LogP contribution in [0.3, 0.4) is 0 Å². The Hall–Kier alpha value is -0.390. The molecule has 1 aromatic rings. The van der Waals surface area contributed by atoms with E-state index in [1.54, 1.807) is 11.3 Å². The molecule has 0 aromatic carbocycles. The zero-order chi connectivity index (χ0) is 13.3. The van der Waals surface area contributed by atoms with Gasteiger partial charge >= 0.3 is 5.97 Å². The maximum Gasteiger partial charge on any atom is 0.308 e. The summed E-state index contributed by atoms with van der Waals surface area (Å²) in [6.07, 6.45) is 1.78. The molecule has 0 saturated carbocycles. The fraction of sp³-hybridized carbons (Fsp3) is 0.615. The van der Waals surface area contributed by atoms with Crippen LogP contribution < -0.4 is 0 Å². The molecule has 5 heteroatoms. The zero-order valence-corrected chi connectivity index (χ0v) is 13.1. The molecule has 0 amide bonds. The highest BCUT2D eigenvalue weighted by molar-refractivity contribution is 9.10. The Morgan fingerprint density at radius 2 is 2.39 bits per heavy atom. The van der Waals surface area contributed by atoms with Crippen LogP contribution in [0.1, 0.15) is 29.5 Å². The second-order valence-electron chi connectivity index (χ2n) is 4.93. The summed E-state index contributed by atoms with van der Waals surface area (Å²) < 4.78 is 1.15. The Kier molecular flexibility index (Phi) is 4.45. The highest BCUT2D eigenvalue weighted by Gasteiger charge is 2.33. The number of likely N-dealkylation sites (tertiary alicyclic amines) is 1. The molecule has 1 saturated heterocycles. The number of nitrogens with zero attached hydrogens (tertiary/aromatic N) is 1. The van der Waals surface area contributed by atoms with Gasteiger partial charge in [0, 0.05) is 26.8 Å². The van der Waals surface area contributed by atoms with E-state index in [-0.39, 0.29) is 12.0 Å². The first-order valence-corrected chi connectivity index (χ1v) is 7.81. The number of carboxylic acid groups (broad SMARTS) is 1. The number of thiophene rings is 1. The largest absolute Gasteiger partial charge is 0.481 e. The summed E-state index contributed by atoms with van der Waals surface area (Å²) in [5.41, 5.74) is 0. The summed E-state index contributed by atoms with van der Waals surface area (Å²) in [6, 6.07) is 2.24. The van der Waals surface area contributed by atoms with Gasteiger partial charge in [-0.05, 0) is 55.2 Å². The second-order valence-corrected chi connectivity index (χ2v) is 7.12. The third kappa shape index (κ3) is 2.95. The minimum absolute atomic E-state index is 0.116. The van der Waals surface area contributed by atoms with E-state index in [0.717, 1.165) is 30.4 Å². The van der Waals surface area contributed by atoms with Gasteiger partial charge in [0.1, 0.15) is 0 Å². The minimum atomic E-state index is -0.659. The summed E-state index contributed by atoms with van der Waals surface area (Å²) in [7, 11) is 0. The van der Waals surface area contributed by atoms with Gasteiger partial charge in [0.05, 0.1) is 5.92 Å². The number of hydrogen-bond acceptors (Lipinski definition) is 3. The fourth-order valence-corrected chi connectivity index (χ4v) is 4.41.